The Hall–Kier alpha value is -1.53. The van der Waals surface area contributed by atoms with Crippen molar-refractivity contribution >= 4 is 11.3 Å². The monoisotopic (exact) mass is 392 g/mol. The van der Waals surface area contributed by atoms with Crippen LogP contribution >= 0.6 is 0 Å². The lowest BCUT2D eigenvalue weighted by Gasteiger charge is -2.23. The summed E-state index contributed by atoms with van der Waals surface area (Å²) in [4.78, 5) is 2.09. The third-order valence-electron chi connectivity index (χ3n) is 4.15. The average molecular weight is 392 g/mol. The van der Waals surface area contributed by atoms with E-state index in [9.17, 15) is 0 Å². The Morgan fingerprint density at radius 3 is 2.90 bits per heavy atom. The number of ether oxygens (including phenoxy) is 1. The number of hydrogen-bond donors (Lipinski definition) is 1. The van der Waals surface area contributed by atoms with Crippen LogP contribution in [0.4, 0.5) is 5.69 Å². The summed E-state index contributed by atoms with van der Waals surface area (Å²) in [6.07, 6.45) is 11.0. The quantitative estimate of drug-likeness (QED) is 0.488. The molecule has 3 aliphatic rings. The zero-order chi connectivity index (χ0) is 13.7. The summed E-state index contributed by atoms with van der Waals surface area (Å²) in [6, 6.07) is 6.72. The van der Waals surface area contributed by atoms with E-state index in [0.29, 0.717) is 6.04 Å². The summed E-state index contributed by atoms with van der Waals surface area (Å²) in [7, 11) is 3.78. The summed E-state index contributed by atoms with van der Waals surface area (Å²) >= 11 is 0. The molecular formula is C17H17IN2O. The zero-order valence-corrected chi connectivity index (χ0v) is 14.2. The van der Waals surface area contributed by atoms with Crippen LogP contribution in [0.15, 0.2) is 60.0 Å². The normalized spacial score (nSPS) is 21.3. The van der Waals surface area contributed by atoms with Crippen LogP contribution in [-0.4, -0.2) is 25.1 Å². The van der Waals surface area contributed by atoms with E-state index in [1.807, 2.05) is 6.07 Å². The van der Waals surface area contributed by atoms with Gasteiger partial charge in [-0.25, -0.2) is 0 Å². The van der Waals surface area contributed by atoms with Gasteiger partial charge in [0.25, 0.3) is 0 Å². The number of quaternary nitrogens is 1. The maximum absolute atomic E-state index is 5.38. The summed E-state index contributed by atoms with van der Waals surface area (Å²) in [5, 5.41) is 2.33. The number of nitrogens with zero attached hydrogens (tertiary/aromatic N) is 1. The van der Waals surface area contributed by atoms with Crippen LogP contribution in [0.2, 0.25) is 0 Å². The molecule has 108 valence electrons. The molecule has 0 saturated heterocycles. The lowest BCUT2D eigenvalue weighted by atomic mass is 9.86. The number of allylic oxidation sites excluding steroid dienone is 4. The standard InChI is InChI=1S/C17H16N2O.HI/c1-19-8-7-13-11(10-19)3-5-16-17(13)14-9-12(20-2)4-6-15(14)18-16;/h3-10,16,18H,1-2H3;1H. The van der Waals surface area contributed by atoms with Crippen LogP contribution in [-0.2, 0) is 0 Å². The second-order valence-electron chi connectivity index (χ2n) is 5.40. The third kappa shape index (κ3) is 2.22. The van der Waals surface area contributed by atoms with E-state index in [2.05, 4.69) is 60.0 Å². The first-order chi connectivity index (χ1) is 9.76. The number of hydrogen-bond acceptors (Lipinski definition) is 2. The van der Waals surface area contributed by atoms with E-state index in [-0.39, 0.29) is 24.0 Å². The first-order valence-corrected chi connectivity index (χ1v) is 6.84. The Balaban J connectivity index is 0.00000132. The van der Waals surface area contributed by atoms with E-state index in [1.165, 1.54) is 28.0 Å². The van der Waals surface area contributed by atoms with Crippen LogP contribution in [0.5, 0.6) is 5.75 Å². The molecular weight excluding hydrogens is 375 g/mol. The molecule has 2 heterocycles. The van der Waals surface area contributed by atoms with Crippen LogP contribution in [0, 0.1) is 0 Å². The van der Waals surface area contributed by atoms with Crippen LogP contribution < -0.4 is 34.0 Å². The van der Waals surface area contributed by atoms with E-state index >= 15 is 0 Å². The first kappa shape index (κ1) is 14.4. The highest BCUT2D eigenvalue weighted by molar-refractivity contribution is 5.88. The lowest BCUT2D eigenvalue weighted by molar-refractivity contribution is -0.578. The van der Waals surface area contributed by atoms with Gasteiger partial charge in [0.15, 0.2) is 0 Å². The lowest BCUT2D eigenvalue weighted by Crippen LogP contribution is -3.00. The van der Waals surface area contributed by atoms with Crippen LogP contribution in [0.3, 0.4) is 0 Å². The van der Waals surface area contributed by atoms with Crippen molar-refractivity contribution in [3.63, 3.8) is 0 Å². The largest absolute Gasteiger partial charge is 1.00 e. The molecule has 0 amide bonds. The van der Waals surface area contributed by atoms with E-state index in [4.69, 9.17) is 4.74 Å². The highest BCUT2D eigenvalue weighted by Gasteiger charge is 2.35. The minimum atomic E-state index is 0. The van der Waals surface area contributed by atoms with Gasteiger partial charge in [0.2, 0.25) is 0 Å². The molecule has 0 fully saturated rings. The summed E-state index contributed by atoms with van der Waals surface area (Å²) < 4.78 is 5.38. The van der Waals surface area contributed by atoms with Gasteiger partial charge in [0.1, 0.15) is 17.5 Å². The Morgan fingerprint density at radius 1 is 1.24 bits per heavy atom. The van der Waals surface area contributed by atoms with E-state index in [1.54, 1.807) is 7.11 Å². The SMILES string of the molecule is COc1ccc2c(c1)C1=C3C=CN(C)C=C3C=CC1[NH2+]2.[I-]. The van der Waals surface area contributed by atoms with Gasteiger partial charge in [-0.1, -0.05) is 6.08 Å². The fraction of sp³-hybridized carbons (Fsp3) is 0.176. The first-order valence-electron chi connectivity index (χ1n) is 6.84. The maximum Gasteiger partial charge on any atom is 0.138 e. The smallest absolute Gasteiger partial charge is 0.138 e. The van der Waals surface area contributed by atoms with Crippen molar-refractivity contribution in [1.29, 1.82) is 0 Å². The number of nitrogens with two attached hydrogens (primary N) is 1. The number of fused-ring (bicyclic) bond motifs is 4. The molecule has 0 aromatic heterocycles. The highest BCUT2D eigenvalue weighted by atomic mass is 127. The molecule has 0 saturated carbocycles. The molecule has 21 heavy (non-hydrogen) atoms. The van der Waals surface area contributed by atoms with Crippen molar-refractivity contribution in [1.82, 2.24) is 4.90 Å². The van der Waals surface area contributed by atoms with E-state index in [0.717, 1.165) is 5.75 Å². The van der Waals surface area contributed by atoms with Gasteiger partial charge in [0.05, 0.1) is 7.11 Å². The second-order valence-corrected chi connectivity index (χ2v) is 5.40. The molecule has 1 aromatic rings. The van der Waals surface area contributed by atoms with Crippen LogP contribution in [0.25, 0.3) is 5.57 Å². The molecule has 3 nitrogen and oxygen atoms in total. The fourth-order valence-corrected chi connectivity index (χ4v) is 3.18. The van der Waals surface area contributed by atoms with Gasteiger partial charge in [0, 0.05) is 36.7 Å². The van der Waals surface area contributed by atoms with Crippen molar-refractivity contribution in [3.05, 3.63) is 65.5 Å². The molecule has 0 spiro atoms. The van der Waals surface area contributed by atoms with Gasteiger partial charge in [-0.15, -0.1) is 0 Å². The van der Waals surface area contributed by atoms with Crippen LogP contribution in [0.1, 0.15) is 5.56 Å². The third-order valence-corrected chi connectivity index (χ3v) is 4.15. The predicted octanol–water partition coefficient (Wildman–Crippen LogP) is -1.06. The molecule has 0 bridgehead atoms. The molecule has 1 aliphatic carbocycles. The Bertz CT molecular complexity index is 716. The second kappa shape index (κ2) is 5.35. The molecule has 1 atom stereocenters. The van der Waals surface area contributed by atoms with E-state index < -0.39 is 0 Å². The summed E-state index contributed by atoms with van der Waals surface area (Å²) in [5.41, 5.74) is 6.62. The van der Waals surface area contributed by atoms with Gasteiger partial charge in [-0.2, -0.15) is 0 Å². The Morgan fingerprint density at radius 2 is 2.10 bits per heavy atom. The molecule has 2 N–H and O–H groups in total. The molecule has 1 unspecified atom stereocenters. The van der Waals surface area contributed by atoms with Gasteiger partial charge in [-0.3, -0.25) is 0 Å². The van der Waals surface area contributed by atoms with Crippen molar-refractivity contribution < 1.29 is 34.0 Å². The zero-order valence-electron chi connectivity index (χ0n) is 12.0. The minimum Gasteiger partial charge on any atom is -1.00 e. The number of benzene rings is 1. The molecule has 4 rings (SSSR count). The molecule has 0 radical (unpaired) electrons. The summed E-state index contributed by atoms with van der Waals surface area (Å²) in [6.45, 7) is 0. The average Bonchev–Trinajstić information content (AvgIpc) is 2.84. The topological polar surface area (TPSA) is 29.1 Å². The highest BCUT2D eigenvalue weighted by Crippen LogP contribution is 2.40. The Labute approximate surface area is 141 Å². The van der Waals surface area contributed by atoms with Crippen molar-refractivity contribution in [2.45, 2.75) is 6.04 Å². The Kier molecular flexibility index (Phi) is 3.67. The predicted molar refractivity (Wildman–Crippen MR) is 79.4 cm³/mol. The minimum absolute atomic E-state index is 0. The van der Waals surface area contributed by atoms with Gasteiger partial charge >= 0.3 is 0 Å². The van der Waals surface area contributed by atoms with Gasteiger partial charge < -0.3 is 38.9 Å². The van der Waals surface area contributed by atoms with Crippen molar-refractivity contribution in [3.8, 4) is 5.75 Å². The maximum atomic E-state index is 5.38. The van der Waals surface area contributed by atoms with Crippen molar-refractivity contribution in [2.24, 2.45) is 0 Å². The number of rotatable bonds is 1. The van der Waals surface area contributed by atoms with Crippen molar-refractivity contribution in [2.75, 3.05) is 14.2 Å². The molecule has 1 aromatic carbocycles. The number of halogens is 1. The molecule has 4 heteroatoms. The van der Waals surface area contributed by atoms with Gasteiger partial charge in [-0.05, 0) is 35.4 Å². The fourth-order valence-electron chi connectivity index (χ4n) is 3.18. The summed E-state index contributed by atoms with van der Waals surface area (Å²) in [5.74, 6) is 0.919. The molecule has 2 aliphatic heterocycles. The number of methoxy groups -OCH3 is 1.